The lowest BCUT2D eigenvalue weighted by Crippen LogP contribution is -2.35. The topological polar surface area (TPSA) is 61.8 Å². The lowest BCUT2D eigenvalue weighted by molar-refractivity contribution is 0.302. The Morgan fingerprint density at radius 3 is 2.33 bits per heavy atom. The van der Waals surface area contributed by atoms with Crippen molar-refractivity contribution in [3.8, 4) is 6.07 Å². The minimum atomic E-state index is -0.0690. The third kappa shape index (κ3) is 4.29. The number of nitrogens with two attached hydrogens (primary N) is 1. The van der Waals surface area contributed by atoms with E-state index in [1.807, 2.05) is 0 Å². The molecule has 0 amide bonds. The van der Waals surface area contributed by atoms with E-state index in [-0.39, 0.29) is 11.0 Å². The van der Waals surface area contributed by atoms with Gasteiger partial charge in [0.2, 0.25) is 0 Å². The Kier molecular flexibility index (Phi) is 3.91. The van der Waals surface area contributed by atoms with Crippen LogP contribution in [0.4, 0.5) is 11.4 Å². The molecule has 0 saturated heterocycles. The molecular weight excluding hydrogens is 222 g/mol. The highest BCUT2D eigenvalue weighted by Gasteiger charge is 2.25. The average Bonchev–Trinajstić information content (AvgIpc) is 2.17. The number of nitrogen functional groups attached to an aromatic ring is 1. The number of hydrogen-bond donors (Lipinski definition) is 2. The molecule has 1 aromatic rings. The van der Waals surface area contributed by atoms with Gasteiger partial charge in [0.15, 0.2) is 0 Å². The van der Waals surface area contributed by atoms with Gasteiger partial charge in [-0.2, -0.15) is 5.26 Å². The van der Waals surface area contributed by atoms with Gasteiger partial charge in [0.05, 0.1) is 23.0 Å². The van der Waals surface area contributed by atoms with Crippen LogP contribution in [0, 0.1) is 16.7 Å². The quantitative estimate of drug-likeness (QED) is 0.797. The Hall–Kier alpha value is -1.69. The van der Waals surface area contributed by atoms with Gasteiger partial charge in [-0.3, -0.25) is 0 Å². The van der Waals surface area contributed by atoms with E-state index in [2.05, 4.69) is 46.0 Å². The van der Waals surface area contributed by atoms with E-state index in [4.69, 9.17) is 11.0 Å². The number of nitrogens with one attached hydrogen (secondary N) is 1. The predicted octanol–water partition coefficient (Wildman–Crippen LogP) is 3.77. The molecule has 98 valence electrons. The first-order chi connectivity index (χ1) is 8.13. The van der Waals surface area contributed by atoms with Gasteiger partial charge in [0.25, 0.3) is 0 Å². The van der Waals surface area contributed by atoms with Crippen LogP contribution in [0.5, 0.6) is 0 Å². The molecule has 0 heterocycles. The van der Waals surface area contributed by atoms with Crippen LogP contribution in [0.15, 0.2) is 18.2 Å². The number of hydrogen-bond acceptors (Lipinski definition) is 3. The first kappa shape index (κ1) is 14.4. The molecule has 0 saturated carbocycles. The van der Waals surface area contributed by atoms with Crippen molar-refractivity contribution in [2.24, 2.45) is 5.41 Å². The normalized spacial score (nSPS) is 12.0. The Labute approximate surface area is 110 Å². The third-order valence-corrected chi connectivity index (χ3v) is 2.63. The second kappa shape index (κ2) is 4.89. The molecule has 3 N–H and O–H groups in total. The van der Waals surface area contributed by atoms with E-state index in [0.29, 0.717) is 11.3 Å². The van der Waals surface area contributed by atoms with Gasteiger partial charge in [-0.15, -0.1) is 0 Å². The second-order valence-corrected chi connectivity index (χ2v) is 6.66. The predicted molar refractivity (Wildman–Crippen MR) is 77.3 cm³/mol. The number of anilines is 2. The highest BCUT2D eigenvalue weighted by Crippen LogP contribution is 2.31. The van der Waals surface area contributed by atoms with Gasteiger partial charge in [-0.1, -0.05) is 20.8 Å². The Morgan fingerprint density at radius 1 is 1.22 bits per heavy atom. The Morgan fingerprint density at radius 2 is 1.83 bits per heavy atom. The van der Waals surface area contributed by atoms with E-state index < -0.39 is 0 Å². The second-order valence-electron chi connectivity index (χ2n) is 6.66. The van der Waals surface area contributed by atoms with Crippen LogP contribution in [0.2, 0.25) is 0 Å². The Balaban J connectivity index is 2.93. The van der Waals surface area contributed by atoms with E-state index in [9.17, 15) is 0 Å². The minimum Gasteiger partial charge on any atom is -0.397 e. The molecule has 0 fully saturated rings. The number of nitriles is 1. The van der Waals surface area contributed by atoms with Gasteiger partial charge in [0, 0.05) is 5.54 Å². The van der Waals surface area contributed by atoms with E-state index in [0.717, 1.165) is 12.1 Å². The number of rotatable bonds is 3. The lowest BCUT2D eigenvalue weighted by atomic mass is 9.81. The van der Waals surface area contributed by atoms with Crippen LogP contribution < -0.4 is 11.1 Å². The molecule has 0 aliphatic rings. The maximum atomic E-state index is 8.92. The van der Waals surface area contributed by atoms with E-state index in [1.54, 1.807) is 18.2 Å². The number of nitrogens with zero attached hydrogens (tertiary/aromatic N) is 1. The monoisotopic (exact) mass is 245 g/mol. The standard InChI is InChI=1S/C15H23N3/c1-14(2,3)10-15(4,5)18-13-8-11(9-16)6-7-12(13)17/h6-8,18H,10,17H2,1-5H3. The molecular formula is C15H23N3. The van der Waals surface area contributed by atoms with Crippen LogP contribution in [-0.2, 0) is 0 Å². The van der Waals surface area contributed by atoms with Crippen LogP contribution in [-0.4, -0.2) is 5.54 Å². The van der Waals surface area contributed by atoms with Gasteiger partial charge >= 0.3 is 0 Å². The molecule has 3 nitrogen and oxygen atoms in total. The first-order valence-corrected chi connectivity index (χ1v) is 6.21. The molecule has 0 aliphatic carbocycles. The van der Waals surface area contributed by atoms with Crippen molar-refractivity contribution >= 4 is 11.4 Å². The summed E-state index contributed by atoms with van der Waals surface area (Å²) in [5.41, 5.74) is 8.25. The summed E-state index contributed by atoms with van der Waals surface area (Å²) < 4.78 is 0. The van der Waals surface area contributed by atoms with Crippen molar-refractivity contribution in [3.63, 3.8) is 0 Å². The fraction of sp³-hybridized carbons (Fsp3) is 0.533. The summed E-state index contributed by atoms with van der Waals surface area (Å²) in [6.07, 6.45) is 1.01. The fourth-order valence-electron chi connectivity index (χ4n) is 2.47. The van der Waals surface area contributed by atoms with Crippen molar-refractivity contribution in [2.45, 2.75) is 46.6 Å². The molecule has 1 rings (SSSR count). The van der Waals surface area contributed by atoms with Crippen LogP contribution >= 0.6 is 0 Å². The van der Waals surface area contributed by atoms with Gasteiger partial charge < -0.3 is 11.1 Å². The lowest BCUT2D eigenvalue weighted by Gasteiger charge is -2.34. The summed E-state index contributed by atoms with van der Waals surface area (Å²) in [7, 11) is 0. The molecule has 0 aromatic heterocycles. The summed E-state index contributed by atoms with van der Waals surface area (Å²) in [6, 6.07) is 7.44. The summed E-state index contributed by atoms with van der Waals surface area (Å²) in [5.74, 6) is 0. The Bertz CT molecular complexity index is 462. The SMILES string of the molecule is CC(C)(C)CC(C)(C)Nc1cc(C#N)ccc1N. The maximum absolute atomic E-state index is 8.92. The fourth-order valence-corrected chi connectivity index (χ4v) is 2.47. The van der Waals surface area contributed by atoms with Crippen molar-refractivity contribution in [1.82, 2.24) is 0 Å². The zero-order chi connectivity index (χ0) is 14.0. The summed E-state index contributed by atoms with van der Waals surface area (Å²) >= 11 is 0. The molecule has 3 heteroatoms. The van der Waals surface area contributed by atoms with Crippen molar-refractivity contribution < 1.29 is 0 Å². The van der Waals surface area contributed by atoms with E-state index >= 15 is 0 Å². The molecule has 0 bridgehead atoms. The molecule has 0 unspecified atom stereocenters. The zero-order valence-electron chi connectivity index (χ0n) is 12.0. The highest BCUT2D eigenvalue weighted by atomic mass is 15.0. The van der Waals surface area contributed by atoms with Crippen LogP contribution in [0.25, 0.3) is 0 Å². The summed E-state index contributed by atoms with van der Waals surface area (Å²) in [4.78, 5) is 0. The summed E-state index contributed by atoms with van der Waals surface area (Å²) in [5, 5.41) is 12.4. The minimum absolute atomic E-state index is 0.0690. The zero-order valence-corrected chi connectivity index (χ0v) is 12.0. The van der Waals surface area contributed by atoms with Gasteiger partial charge in [0.1, 0.15) is 0 Å². The van der Waals surface area contributed by atoms with Crippen molar-refractivity contribution in [3.05, 3.63) is 23.8 Å². The largest absolute Gasteiger partial charge is 0.397 e. The van der Waals surface area contributed by atoms with Gasteiger partial charge in [-0.25, -0.2) is 0 Å². The number of benzene rings is 1. The van der Waals surface area contributed by atoms with Crippen LogP contribution in [0.1, 0.15) is 46.6 Å². The smallest absolute Gasteiger partial charge is 0.0992 e. The maximum Gasteiger partial charge on any atom is 0.0992 e. The van der Waals surface area contributed by atoms with Crippen molar-refractivity contribution in [2.75, 3.05) is 11.1 Å². The highest BCUT2D eigenvalue weighted by molar-refractivity contribution is 5.69. The summed E-state index contributed by atoms with van der Waals surface area (Å²) in [6.45, 7) is 10.9. The first-order valence-electron chi connectivity index (χ1n) is 6.21. The van der Waals surface area contributed by atoms with Gasteiger partial charge in [-0.05, 0) is 43.9 Å². The molecule has 1 aromatic carbocycles. The third-order valence-electron chi connectivity index (χ3n) is 2.63. The van der Waals surface area contributed by atoms with Crippen LogP contribution in [0.3, 0.4) is 0 Å². The molecule has 0 radical (unpaired) electrons. The molecule has 0 spiro atoms. The molecule has 0 atom stereocenters. The molecule has 18 heavy (non-hydrogen) atoms. The average molecular weight is 245 g/mol. The molecule has 0 aliphatic heterocycles. The van der Waals surface area contributed by atoms with E-state index in [1.165, 1.54) is 0 Å². The van der Waals surface area contributed by atoms with Crippen molar-refractivity contribution in [1.29, 1.82) is 5.26 Å².